The summed E-state index contributed by atoms with van der Waals surface area (Å²) in [6.45, 7) is 2.63. The molecule has 14 nitrogen and oxygen atoms in total. The zero-order valence-electron chi connectivity index (χ0n) is 50.7. The number of allylic oxidation sites excluding steroid dienone is 17. The van der Waals surface area contributed by atoms with E-state index in [1.807, 2.05) is 6.08 Å². The highest BCUT2D eigenvalue weighted by Gasteiger charge is 2.51. The first-order chi connectivity index (χ1) is 40.1. The zero-order chi connectivity index (χ0) is 59.5. The summed E-state index contributed by atoms with van der Waals surface area (Å²) in [5.74, 6) is -0.247. The molecular formula is C68H115NO13. The van der Waals surface area contributed by atoms with Crippen LogP contribution in [0.3, 0.4) is 0 Å². The summed E-state index contributed by atoms with van der Waals surface area (Å²) >= 11 is 0. The van der Waals surface area contributed by atoms with Crippen molar-refractivity contribution in [1.29, 1.82) is 0 Å². The summed E-state index contributed by atoms with van der Waals surface area (Å²) in [7, 11) is 0. The number of aliphatic hydroxyl groups is 8. The van der Waals surface area contributed by atoms with Crippen LogP contribution in [0.25, 0.3) is 0 Å². The molecule has 12 atom stereocenters. The van der Waals surface area contributed by atoms with Gasteiger partial charge in [-0.25, -0.2) is 0 Å². The molecule has 14 heteroatoms. The maximum Gasteiger partial charge on any atom is 0.220 e. The molecule has 0 spiro atoms. The minimum absolute atomic E-state index is 0.247. The van der Waals surface area contributed by atoms with Crippen LogP contribution in [-0.4, -0.2) is 140 Å². The second kappa shape index (κ2) is 52.0. The number of hydrogen-bond acceptors (Lipinski definition) is 13. The highest BCUT2D eigenvalue weighted by molar-refractivity contribution is 5.76. The average Bonchev–Trinajstić information content (AvgIpc) is 3.38. The molecule has 2 heterocycles. The number of carbonyl (C=O) groups excluding carboxylic acids is 1. The van der Waals surface area contributed by atoms with Gasteiger partial charge in [-0.2, -0.15) is 0 Å². The average molecular weight is 1150 g/mol. The summed E-state index contributed by atoms with van der Waals surface area (Å²) in [4.78, 5) is 13.2. The van der Waals surface area contributed by atoms with Crippen molar-refractivity contribution < 1.29 is 64.6 Å². The number of hydrogen-bond donors (Lipinski definition) is 9. The maximum atomic E-state index is 13.2. The van der Waals surface area contributed by atoms with Crippen molar-refractivity contribution in [1.82, 2.24) is 5.32 Å². The Labute approximate surface area is 495 Å². The van der Waals surface area contributed by atoms with Gasteiger partial charge in [-0.05, 0) is 83.5 Å². The lowest BCUT2D eigenvalue weighted by Gasteiger charge is -2.46. The first kappa shape index (κ1) is 74.7. The number of aliphatic hydroxyl groups excluding tert-OH is 8. The molecule has 0 aromatic rings. The number of ether oxygens (including phenoxy) is 4. The normalized spacial score (nSPS) is 24.7. The van der Waals surface area contributed by atoms with E-state index in [0.29, 0.717) is 6.42 Å². The van der Waals surface area contributed by atoms with Crippen LogP contribution in [0.15, 0.2) is 109 Å². The largest absolute Gasteiger partial charge is 0.394 e. The Morgan fingerprint density at radius 2 is 0.841 bits per heavy atom. The Morgan fingerprint density at radius 3 is 1.29 bits per heavy atom. The van der Waals surface area contributed by atoms with Crippen LogP contribution in [0.1, 0.15) is 219 Å². The molecule has 470 valence electrons. The number of nitrogens with one attached hydrogen (secondary N) is 1. The summed E-state index contributed by atoms with van der Waals surface area (Å²) in [5.41, 5.74) is 0. The highest BCUT2D eigenvalue weighted by Crippen LogP contribution is 2.30. The number of rotatable bonds is 50. The number of carbonyl (C=O) groups is 1. The molecule has 82 heavy (non-hydrogen) atoms. The van der Waals surface area contributed by atoms with Gasteiger partial charge in [0.2, 0.25) is 5.91 Å². The third kappa shape index (κ3) is 36.5. The Bertz CT molecular complexity index is 1790. The van der Waals surface area contributed by atoms with E-state index in [2.05, 4.69) is 116 Å². The van der Waals surface area contributed by atoms with Crippen molar-refractivity contribution in [3.8, 4) is 0 Å². The molecule has 12 unspecified atom stereocenters. The quantitative estimate of drug-likeness (QED) is 0.0204. The third-order valence-corrected chi connectivity index (χ3v) is 15.0. The van der Waals surface area contributed by atoms with Gasteiger partial charge in [0, 0.05) is 6.42 Å². The van der Waals surface area contributed by atoms with E-state index in [-0.39, 0.29) is 18.9 Å². The first-order valence-electron chi connectivity index (χ1n) is 32.1. The van der Waals surface area contributed by atoms with E-state index in [9.17, 15) is 45.6 Å². The number of unbranched alkanes of at least 4 members (excludes halogenated alkanes) is 21. The first-order valence-corrected chi connectivity index (χ1v) is 32.1. The van der Waals surface area contributed by atoms with Crippen LogP contribution in [-0.2, 0) is 23.7 Å². The lowest BCUT2D eigenvalue weighted by Crippen LogP contribution is -2.65. The molecule has 9 N–H and O–H groups in total. The van der Waals surface area contributed by atoms with Crippen LogP contribution >= 0.6 is 0 Å². The smallest absolute Gasteiger partial charge is 0.220 e. The van der Waals surface area contributed by atoms with Crippen LogP contribution < -0.4 is 5.32 Å². The van der Waals surface area contributed by atoms with Gasteiger partial charge in [-0.1, -0.05) is 239 Å². The predicted octanol–water partition coefficient (Wildman–Crippen LogP) is 12.0. The van der Waals surface area contributed by atoms with Crippen LogP contribution in [0.5, 0.6) is 0 Å². The van der Waals surface area contributed by atoms with Crippen molar-refractivity contribution in [2.75, 3.05) is 19.8 Å². The van der Waals surface area contributed by atoms with Crippen molar-refractivity contribution in [2.24, 2.45) is 0 Å². The summed E-state index contributed by atoms with van der Waals surface area (Å²) in [6, 6.07) is -0.918. The van der Waals surface area contributed by atoms with Crippen molar-refractivity contribution in [3.63, 3.8) is 0 Å². The van der Waals surface area contributed by atoms with Gasteiger partial charge in [0.25, 0.3) is 0 Å². The topological polar surface area (TPSA) is 228 Å². The molecule has 0 saturated carbocycles. The van der Waals surface area contributed by atoms with Crippen LogP contribution in [0, 0.1) is 0 Å². The summed E-state index contributed by atoms with van der Waals surface area (Å²) < 4.78 is 22.7. The van der Waals surface area contributed by atoms with Gasteiger partial charge in [-0.3, -0.25) is 4.79 Å². The van der Waals surface area contributed by atoms with E-state index < -0.39 is 86.8 Å². The zero-order valence-corrected chi connectivity index (χ0v) is 50.7. The Balaban J connectivity index is 1.57. The van der Waals surface area contributed by atoms with Gasteiger partial charge in [0.05, 0.1) is 32.0 Å². The lowest BCUT2D eigenvalue weighted by molar-refractivity contribution is -0.359. The fraction of sp³-hybridized carbons (Fsp3) is 0.721. The monoisotopic (exact) mass is 1150 g/mol. The second-order valence-corrected chi connectivity index (χ2v) is 22.2. The van der Waals surface area contributed by atoms with E-state index in [1.54, 1.807) is 6.08 Å². The maximum absolute atomic E-state index is 13.2. The van der Waals surface area contributed by atoms with Gasteiger partial charge < -0.3 is 65.1 Å². The molecule has 0 radical (unpaired) electrons. The van der Waals surface area contributed by atoms with Crippen molar-refractivity contribution >= 4 is 5.91 Å². The highest BCUT2D eigenvalue weighted by atomic mass is 16.7. The molecule has 2 aliphatic rings. The van der Waals surface area contributed by atoms with E-state index >= 15 is 0 Å². The lowest BCUT2D eigenvalue weighted by atomic mass is 9.97. The Morgan fingerprint density at radius 1 is 0.451 bits per heavy atom. The summed E-state index contributed by atoms with van der Waals surface area (Å²) in [6.07, 6.45) is 57.4. The van der Waals surface area contributed by atoms with E-state index in [4.69, 9.17) is 18.9 Å². The molecule has 2 rings (SSSR count). The van der Waals surface area contributed by atoms with E-state index in [0.717, 1.165) is 96.3 Å². The predicted molar refractivity (Wildman–Crippen MR) is 332 cm³/mol. The van der Waals surface area contributed by atoms with Gasteiger partial charge in [0.15, 0.2) is 12.6 Å². The molecular weight excluding hydrogens is 1040 g/mol. The van der Waals surface area contributed by atoms with Gasteiger partial charge >= 0.3 is 0 Å². The SMILES string of the molecule is CC/C=C\C/C=C\C/C=C\C/C=C\C/C=C\C/C=C\C/C=C\C/C=C\CCCCCCCCCCCCCCCCC(=O)NC(COC1OC(CO)C(OC2OC(CO)C(O)C(O)C2O)C(O)C1O)C(O)/C=C/CCCCCCCCC. The molecule has 0 bridgehead atoms. The fourth-order valence-corrected chi connectivity index (χ4v) is 9.84. The summed E-state index contributed by atoms with van der Waals surface area (Å²) in [5, 5.41) is 86.9. The standard InChI is InChI=1S/C68H115NO13/c1-3-5-7-9-11-13-14-15-16-17-18-19-20-21-22-23-24-25-26-27-28-29-30-31-32-33-34-35-36-37-38-39-40-41-42-44-46-48-50-52-60(73)69-56(57(72)51-49-47-45-43-12-10-8-6-4-2)55-79-67-65(78)63(76)66(59(54-71)81-67)82-68-64(77)62(75)61(74)58(53-70)80-68/h5,7,11,13,15-16,18-19,21-22,24-25,27-28,30-31,49,51,56-59,61-68,70-72,74-78H,3-4,6,8-10,12,14,17,20,23,26,29,32-48,50,52-55H2,1-2H3,(H,69,73)/b7-5-,13-11-,16-15-,19-18-,22-21-,25-24-,28-27-,31-30-,51-49+. The Kier molecular flexibility index (Phi) is 47.4. The molecule has 0 aliphatic carbocycles. The van der Waals surface area contributed by atoms with Crippen molar-refractivity contribution in [3.05, 3.63) is 109 Å². The molecule has 2 fully saturated rings. The van der Waals surface area contributed by atoms with Gasteiger partial charge in [0.1, 0.15) is 48.8 Å². The molecule has 2 saturated heterocycles. The molecule has 1 amide bonds. The molecule has 0 aromatic heterocycles. The fourth-order valence-electron chi connectivity index (χ4n) is 9.84. The molecule has 2 aliphatic heterocycles. The van der Waals surface area contributed by atoms with Crippen LogP contribution in [0.4, 0.5) is 0 Å². The van der Waals surface area contributed by atoms with Crippen LogP contribution in [0.2, 0.25) is 0 Å². The van der Waals surface area contributed by atoms with Gasteiger partial charge in [-0.15, -0.1) is 0 Å². The molecule has 0 aromatic carbocycles. The minimum atomic E-state index is -1.79. The Hall–Kier alpha value is -3.35. The number of amides is 1. The minimum Gasteiger partial charge on any atom is -0.394 e. The third-order valence-electron chi connectivity index (χ3n) is 15.0. The second-order valence-electron chi connectivity index (χ2n) is 22.2. The van der Waals surface area contributed by atoms with Crippen molar-refractivity contribution in [2.45, 2.75) is 293 Å². The van der Waals surface area contributed by atoms with E-state index in [1.165, 1.54) is 96.3 Å².